The number of halogens is 1. The van der Waals surface area contributed by atoms with Crippen LogP contribution < -0.4 is 10.3 Å². The van der Waals surface area contributed by atoms with Crippen LogP contribution in [-0.2, 0) is 0 Å². The van der Waals surface area contributed by atoms with Crippen molar-refractivity contribution >= 4 is 10.8 Å². The summed E-state index contributed by atoms with van der Waals surface area (Å²) >= 11 is 0. The molecule has 0 unspecified atom stereocenters. The Morgan fingerprint density at radius 3 is 2.59 bits per heavy atom. The van der Waals surface area contributed by atoms with Crippen LogP contribution in [0.25, 0.3) is 27.8 Å². The van der Waals surface area contributed by atoms with E-state index in [0.717, 1.165) is 39.5 Å². The topological polar surface area (TPSA) is 69.9 Å². The third kappa shape index (κ3) is 2.93. The molecule has 27 heavy (non-hydrogen) atoms. The molecular formula is C20H15FN4O2. The average molecular weight is 362 g/mol. The maximum absolute atomic E-state index is 13.0. The maximum Gasteiger partial charge on any atom is 0.282 e. The Kier molecular flexibility index (Phi) is 4.12. The Hall–Kier alpha value is -3.61. The summed E-state index contributed by atoms with van der Waals surface area (Å²) in [5, 5.41) is 5.30. The van der Waals surface area contributed by atoms with E-state index in [0.29, 0.717) is 10.8 Å². The second kappa shape index (κ2) is 6.60. The Labute approximate surface area is 153 Å². The summed E-state index contributed by atoms with van der Waals surface area (Å²) in [7, 11) is 1.64. The molecule has 0 saturated heterocycles. The Morgan fingerprint density at radius 2 is 1.85 bits per heavy atom. The number of methoxy groups -OCH3 is 1. The standard InChI is InChI=1S/C20H15FN4O2/c1-12-16(4-3-5-18(12)27-2)13-6-7-17-14(8-13)9-24-25(19(17)26)20-22-10-15(21)11-23-20/h3-11H,1-2H3. The summed E-state index contributed by atoms with van der Waals surface area (Å²) in [5.41, 5.74) is 2.62. The molecule has 0 amide bonds. The summed E-state index contributed by atoms with van der Waals surface area (Å²) in [4.78, 5) is 20.4. The fraction of sp³-hybridized carbons (Fsp3) is 0.100. The molecule has 134 valence electrons. The number of rotatable bonds is 3. The van der Waals surface area contributed by atoms with Crippen molar-refractivity contribution in [3.8, 4) is 22.8 Å². The van der Waals surface area contributed by atoms with Gasteiger partial charge in [-0.1, -0.05) is 18.2 Å². The van der Waals surface area contributed by atoms with Gasteiger partial charge in [-0.05, 0) is 41.8 Å². The molecule has 0 saturated carbocycles. The molecule has 7 heteroatoms. The summed E-state index contributed by atoms with van der Waals surface area (Å²) in [5.74, 6) is 0.247. The number of ether oxygens (including phenoxy) is 1. The minimum absolute atomic E-state index is 0.0241. The lowest BCUT2D eigenvalue weighted by Gasteiger charge is -2.11. The van der Waals surface area contributed by atoms with Gasteiger partial charge in [0.25, 0.3) is 11.5 Å². The van der Waals surface area contributed by atoms with Crippen molar-refractivity contribution in [2.24, 2.45) is 0 Å². The SMILES string of the molecule is COc1cccc(-c2ccc3c(=O)n(-c4ncc(F)cn4)ncc3c2)c1C. The zero-order valence-electron chi connectivity index (χ0n) is 14.7. The molecule has 0 N–H and O–H groups in total. The number of hydrogen-bond acceptors (Lipinski definition) is 5. The quantitative estimate of drug-likeness (QED) is 0.559. The van der Waals surface area contributed by atoms with Gasteiger partial charge >= 0.3 is 0 Å². The van der Waals surface area contributed by atoms with E-state index < -0.39 is 5.82 Å². The number of benzene rings is 2. The van der Waals surface area contributed by atoms with E-state index >= 15 is 0 Å². The molecule has 2 aromatic heterocycles. The van der Waals surface area contributed by atoms with E-state index in [9.17, 15) is 9.18 Å². The first-order valence-corrected chi connectivity index (χ1v) is 8.22. The molecule has 0 atom stereocenters. The molecule has 0 aliphatic heterocycles. The van der Waals surface area contributed by atoms with E-state index in [1.165, 1.54) is 0 Å². The predicted octanol–water partition coefficient (Wildman–Crippen LogP) is 3.30. The molecule has 0 aliphatic carbocycles. The Bertz CT molecular complexity index is 1200. The van der Waals surface area contributed by atoms with E-state index in [4.69, 9.17) is 4.74 Å². The van der Waals surface area contributed by atoms with Crippen molar-refractivity contribution in [2.45, 2.75) is 6.92 Å². The van der Waals surface area contributed by atoms with Crippen LogP contribution in [0.5, 0.6) is 5.75 Å². The average Bonchev–Trinajstić information content (AvgIpc) is 2.69. The molecular weight excluding hydrogens is 347 g/mol. The fourth-order valence-corrected chi connectivity index (χ4v) is 3.02. The molecule has 4 rings (SSSR count). The fourth-order valence-electron chi connectivity index (χ4n) is 3.02. The van der Waals surface area contributed by atoms with Gasteiger partial charge in [0.1, 0.15) is 5.75 Å². The van der Waals surface area contributed by atoms with Crippen LogP contribution in [0, 0.1) is 12.7 Å². The molecule has 0 bridgehead atoms. The van der Waals surface area contributed by atoms with Crippen LogP contribution in [0.3, 0.4) is 0 Å². The molecule has 0 spiro atoms. The summed E-state index contributed by atoms with van der Waals surface area (Å²) in [6.07, 6.45) is 3.56. The minimum Gasteiger partial charge on any atom is -0.496 e. The monoisotopic (exact) mass is 362 g/mol. The van der Waals surface area contributed by atoms with Crippen LogP contribution in [-0.4, -0.2) is 26.9 Å². The van der Waals surface area contributed by atoms with Crippen molar-refractivity contribution < 1.29 is 9.13 Å². The van der Waals surface area contributed by atoms with Gasteiger partial charge in [-0.3, -0.25) is 4.79 Å². The zero-order chi connectivity index (χ0) is 19.0. The lowest BCUT2D eigenvalue weighted by Crippen LogP contribution is -2.23. The number of aromatic nitrogens is 4. The van der Waals surface area contributed by atoms with Crippen LogP contribution in [0.4, 0.5) is 4.39 Å². The van der Waals surface area contributed by atoms with Gasteiger partial charge in [-0.2, -0.15) is 9.78 Å². The molecule has 6 nitrogen and oxygen atoms in total. The van der Waals surface area contributed by atoms with Gasteiger partial charge < -0.3 is 4.74 Å². The van der Waals surface area contributed by atoms with E-state index in [1.807, 2.05) is 37.3 Å². The summed E-state index contributed by atoms with van der Waals surface area (Å²) in [6.45, 7) is 1.99. The molecule has 2 heterocycles. The largest absolute Gasteiger partial charge is 0.496 e. The lowest BCUT2D eigenvalue weighted by molar-refractivity contribution is 0.412. The smallest absolute Gasteiger partial charge is 0.282 e. The molecule has 0 radical (unpaired) electrons. The predicted molar refractivity (Wildman–Crippen MR) is 99.6 cm³/mol. The first-order chi connectivity index (χ1) is 13.1. The molecule has 2 aromatic carbocycles. The second-order valence-electron chi connectivity index (χ2n) is 6.00. The zero-order valence-corrected chi connectivity index (χ0v) is 14.7. The van der Waals surface area contributed by atoms with Crippen molar-refractivity contribution in [3.05, 3.63) is 76.7 Å². The van der Waals surface area contributed by atoms with Crippen molar-refractivity contribution in [1.82, 2.24) is 19.7 Å². The highest BCUT2D eigenvalue weighted by molar-refractivity contribution is 5.87. The first-order valence-electron chi connectivity index (χ1n) is 8.22. The van der Waals surface area contributed by atoms with Gasteiger partial charge in [0.15, 0.2) is 5.82 Å². The molecule has 0 aliphatic rings. The van der Waals surface area contributed by atoms with Gasteiger partial charge in [0.05, 0.1) is 31.1 Å². The Balaban J connectivity index is 1.84. The summed E-state index contributed by atoms with van der Waals surface area (Å²) < 4.78 is 19.4. The normalized spacial score (nSPS) is 10.9. The van der Waals surface area contributed by atoms with Gasteiger partial charge in [-0.15, -0.1) is 0 Å². The third-order valence-corrected chi connectivity index (χ3v) is 4.40. The van der Waals surface area contributed by atoms with Crippen LogP contribution in [0.1, 0.15) is 5.56 Å². The number of hydrogen-bond donors (Lipinski definition) is 0. The minimum atomic E-state index is -0.578. The maximum atomic E-state index is 13.0. The van der Waals surface area contributed by atoms with Crippen LogP contribution in [0.2, 0.25) is 0 Å². The highest BCUT2D eigenvalue weighted by atomic mass is 19.1. The third-order valence-electron chi connectivity index (χ3n) is 4.40. The van der Waals surface area contributed by atoms with E-state index in [-0.39, 0.29) is 11.5 Å². The van der Waals surface area contributed by atoms with Crippen molar-refractivity contribution in [2.75, 3.05) is 7.11 Å². The van der Waals surface area contributed by atoms with Crippen molar-refractivity contribution in [3.63, 3.8) is 0 Å². The first kappa shape index (κ1) is 16.8. The Morgan fingerprint density at radius 1 is 1.07 bits per heavy atom. The number of fused-ring (bicyclic) bond motifs is 1. The highest BCUT2D eigenvalue weighted by Gasteiger charge is 2.11. The van der Waals surface area contributed by atoms with Gasteiger partial charge in [0, 0.05) is 5.39 Å². The van der Waals surface area contributed by atoms with Gasteiger partial charge in [-0.25, -0.2) is 14.4 Å². The highest BCUT2D eigenvalue weighted by Crippen LogP contribution is 2.31. The van der Waals surface area contributed by atoms with E-state index in [1.54, 1.807) is 19.4 Å². The second-order valence-corrected chi connectivity index (χ2v) is 6.00. The van der Waals surface area contributed by atoms with Crippen LogP contribution >= 0.6 is 0 Å². The summed E-state index contributed by atoms with van der Waals surface area (Å²) in [6, 6.07) is 11.4. The lowest BCUT2D eigenvalue weighted by atomic mass is 9.98. The number of nitrogens with zero attached hydrogens (tertiary/aromatic N) is 4. The van der Waals surface area contributed by atoms with E-state index in [2.05, 4.69) is 15.1 Å². The van der Waals surface area contributed by atoms with Gasteiger partial charge in [0.2, 0.25) is 0 Å². The molecule has 0 fully saturated rings. The molecule has 4 aromatic rings. The van der Waals surface area contributed by atoms with Crippen LogP contribution in [0.15, 0.2) is 59.8 Å². The van der Waals surface area contributed by atoms with Crippen molar-refractivity contribution in [1.29, 1.82) is 0 Å².